The highest BCUT2D eigenvalue weighted by Crippen LogP contribution is 1.79. The highest BCUT2D eigenvalue weighted by Gasteiger charge is 1.89. The Bertz CT molecular complexity index is 265. The van der Waals surface area contributed by atoms with Crippen molar-refractivity contribution in [1.29, 1.82) is 0 Å². The molecule has 0 aromatic carbocycles. The molecule has 1 aromatic rings. The number of aryl methyl sites for hydroxylation is 2. The van der Waals surface area contributed by atoms with E-state index in [1.807, 2.05) is 0 Å². The number of hydrogen-bond donors (Lipinski definition) is 0. The van der Waals surface area contributed by atoms with Gasteiger partial charge < -0.3 is 0 Å². The summed E-state index contributed by atoms with van der Waals surface area (Å²) in [5.74, 6) is 0. The smallest absolute Gasteiger partial charge is 0.299 e. The molecule has 4 heteroatoms. The van der Waals surface area contributed by atoms with Crippen LogP contribution in [0.2, 0.25) is 0 Å². The van der Waals surface area contributed by atoms with Gasteiger partial charge in [0.15, 0.2) is 0 Å². The van der Waals surface area contributed by atoms with Gasteiger partial charge in [-0.1, -0.05) is 5.10 Å². The Hall–Kier alpha value is -1.19. The van der Waals surface area contributed by atoms with Gasteiger partial charge in [0, 0.05) is 13.2 Å². The summed E-state index contributed by atoms with van der Waals surface area (Å²) in [5, 5.41) is 6.89. The molecule has 1 heterocycles. The minimum Gasteiger partial charge on any atom is -0.299 e. The van der Waals surface area contributed by atoms with E-state index in [1.165, 1.54) is 4.57 Å². The highest BCUT2D eigenvalue weighted by atomic mass is 16.1. The minimum atomic E-state index is -0.319. The maximum absolute atomic E-state index is 10.6. The van der Waals surface area contributed by atoms with Gasteiger partial charge in [-0.3, -0.25) is 4.57 Å². The van der Waals surface area contributed by atoms with Crippen LogP contribution in [0, 0.1) is 6.92 Å². The Morgan fingerprint density at radius 3 is 2.67 bits per heavy atom. The Balaban J connectivity index is 3.34. The first kappa shape index (κ1) is 5.94. The van der Waals surface area contributed by atoms with Crippen LogP contribution in [0.3, 0.4) is 0 Å². The average Bonchev–Trinajstić information content (AvgIpc) is 1.80. The van der Waals surface area contributed by atoms with Gasteiger partial charge in [0.1, 0.15) is 0 Å². The van der Waals surface area contributed by atoms with E-state index in [1.54, 1.807) is 20.2 Å². The zero-order chi connectivity index (χ0) is 6.85. The van der Waals surface area contributed by atoms with Crippen molar-refractivity contribution in [3.63, 3.8) is 0 Å². The summed E-state index contributed by atoms with van der Waals surface area (Å²) in [6.45, 7) is 1.78. The van der Waals surface area contributed by atoms with E-state index >= 15 is 0 Å². The standard InChI is InChI=1S/C5H7N3O/c1-4-3-8(2)5(9)7-6-4/h3H,1-2H3. The van der Waals surface area contributed by atoms with Crippen molar-refractivity contribution in [3.05, 3.63) is 22.4 Å². The van der Waals surface area contributed by atoms with E-state index in [4.69, 9.17) is 0 Å². The fraction of sp³-hybridized carbons (Fsp3) is 0.400. The predicted octanol–water partition coefficient (Wildman–Crippen LogP) is -0.516. The van der Waals surface area contributed by atoms with E-state index in [0.717, 1.165) is 5.69 Å². The summed E-state index contributed by atoms with van der Waals surface area (Å²) in [6.07, 6.45) is 1.63. The number of nitrogens with zero attached hydrogens (tertiary/aromatic N) is 3. The van der Waals surface area contributed by atoms with Crippen LogP contribution in [-0.4, -0.2) is 14.8 Å². The molecule has 0 aliphatic carbocycles. The summed E-state index contributed by atoms with van der Waals surface area (Å²) in [7, 11) is 1.64. The first-order valence-electron chi connectivity index (χ1n) is 2.57. The van der Waals surface area contributed by atoms with Crippen LogP contribution >= 0.6 is 0 Å². The van der Waals surface area contributed by atoms with Gasteiger partial charge >= 0.3 is 5.69 Å². The molecular formula is C5H7N3O. The van der Waals surface area contributed by atoms with Crippen LogP contribution in [0.25, 0.3) is 0 Å². The van der Waals surface area contributed by atoms with Gasteiger partial charge in [-0.05, 0) is 6.92 Å². The third kappa shape index (κ3) is 1.13. The Morgan fingerprint density at radius 2 is 2.22 bits per heavy atom. The van der Waals surface area contributed by atoms with Crippen molar-refractivity contribution >= 4 is 0 Å². The number of rotatable bonds is 0. The molecule has 1 aromatic heterocycles. The maximum atomic E-state index is 10.6. The zero-order valence-electron chi connectivity index (χ0n) is 5.33. The Labute approximate surface area is 52.2 Å². The van der Waals surface area contributed by atoms with Gasteiger partial charge in [-0.25, -0.2) is 4.79 Å². The van der Waals surface area contributed by atoms with Gasteiger partial charge in [0.05, 0.1) is 5.69 Å². The fourth-order valence-electron chi connectivity index (χ4n) is 0.553. The summed E-state index contributed by atoms with van der Waals surface area (Å²) in [6, 6.07) is 0. The van der Waals surface area contributed by atoms with Crippen LogP contribution in [0.15, 0.2) is 11.0 Å². The number of aromatic nitrogens is 3. The van der Waals surface area contributed by atoms with Crippen LogP contribution in [0.4, 0.5) is 0 Å². The third-order valence-corrected chi connectivity index (χ3v) is 0.975. The predicted molar refractivity (Wildman–Crippen MR) is 32.0 cm³/mol. The lowest BCUT2D eigenvalue weighted by molar-refractivity contribution is 0.740. The molecule has 0 spiro atoms. The second-order valence-electron chi connectivity index (χ2n) is 1.86. The molecule has 0 unspecified atom stereocenters. The first-order valence-corrected chi connectivity index (χ1v) is 2.57. The van der Waals surface area contributed by atoms with Crippen LogP contribution < -0.4 is 5.69 Å². The van der Waals surface area contributed by atoms with Gasteiger partial charge in [0.25, 0.3) is 0 Å². The van der Waals surface area contributed by atoms with Crippen molar-refractivity contribution in [1.82, 2.24) is 14.8 Å². The van der Waals surface area contributed by atoms with E-state index in [-0.39, 0.29) is 5.69 Å². The van der Waals surface area contributed by atoms with E-state index in [2.05, 4.69) is 10.2 Å². The van der Waals surface area contributed by atoms with Crippen molar-refractivity contribution < 1.29 is 0 Å². The van der Waals surface area contributed by atoms with E-state index in [0.29, 0.717) is 0 Å². The van der Waals surface area contributed by atoms with Crippen molar-refractivity contribution in [2.24, 2.45) is 7.05 Å². The second kappa shape index (κ2) is 1.97. The highest BCUT2D eigenvalue weighted by molar-refractivity contribution is 4.86. The molecule has 1 rings (SSSR count). The summed E-state index contributed by atoms with van der Waals surface area (Å²) >= 11 is 0. The van der Waals surface area contributed by atoms with Crippen LogP contribution in [-0.2, 0) is 7.05 Å². The second-order valence-corrected chi connectivity index (χ2v) is 1.86. The summed E-state index contributed by atoms with van der Waals surface area (Å²) in [4.78, 5) is 10.6. The molecule has 0 amide bonds. The molecule has 0 saturated carbocycles. The largest absolute Gasteiger partial charge is 0.365 e. The Kier molecular flexibility index (Phi) is 1.30. The lowest BCUT2D eigenvalue weighted by Crippen LogP contribution is -2.20. The molecule has 48 valence electrons. The van der Waals surface area contributed by atoms with Gasteiger partial charge in [0.2, 0.25) is 0 Å². The summed E-state index contributed by atoms with van der Waals surface area (Å²) < 4.78 is 1.39. The molecule has 0 aliphatic heterocycles. The minimum absolute atomic E-state index is 0.319. The molecule has 0 fully saturated rings. The third-order valence-electron chi connectivity index (χ3n) is 0.975. The SMILES string of the molecule is Cc1cn(C)c(=O)nn1. The molecule has 0 atom stereocenters. The summed E-state index contributed by atoms with van der Waals surface area (Å²) in [5.41, 5.74) is 0.428. The molecule has 9 heavy (non-hydrogen) atoms. The van der Waals surface area contributed by atoms with Crippen molar-refractivity contribution in [2.45, 2.75) is 6.92 Å². The normalized spacial score (nSPS) is 9.56. The average molecular weight is 125 g/mol. The monoisotopic (exact) mass is 125 g/mol. The lowest BCUT2D eigenvalue weighted by Gasteiger charge is -1.92. The molecule has 0 bridgehead atoms. The number of hydrogen-bond acceptors (Lipinski definition) is 3. The molecular weight excluding hydrogens is 118 g/mol. The Morgan fingerprint density at radius 1 is 1.56 bits per heavy atom. The lowest BCUT2D eigenvalue weighted by atomic mass is 10.5. The molecule has 0 aliphatic rings. The van der Waals surface area contributed by atoms with Gasteiger partial charge in [-0.2, -0.15) is 0 Å². The van der Waals surface area contributed by atoms with E-state index < -0.39 is 0 Å². The topological polar surface area (TPSA) is 47.8 Å². The van der Waals surface area contributed by atoms with Gasteiger partial charge in [-0.15, -0.1) is 5.10 Å². The zero-order valence-corrected chi connectivity index (χ0v) is 5.33. The van der Waals surface area contributed by atoms with Crippen LogP contribution in [0.5, 0.6) is 0 Å². The quantitative estimate of drug-likeness (QED) is 0.469. The fourth-order valence-corrected chi connectivity index (χ4v) is 0.553. The maximum Gasteiger partial charge on any atom is 0.365 e. The molecule has 0 radical (unpaired) electrons. The first-order chi connectivity index (χ1) is 4.20. The molecule has 0 N–H and O–H groups in total. The molecule has 0 saturated heterocycles. The van der Waals surface area contributed by atoms with Crippen molar-refractivity contribution in [2.75, 3.05) is 0 Å². The van der Waals surface area contributed by atoms with E-state index in [9.17, 15) is 4.79 Å². The van der Waals surface area contributed by atoms with Crippen LogP contribution in [0.1, 0.15) is 5.69 Å². The molecule has 4 nitrogen and oxygen atoms in total. The van der Waals surface area contributed by atoms with Crippen molar-refractivity contribution in [3.8, 4) is 0 Å².